The smallest absolute Gasteiger partial charge is 0.128 e. The quantitative estimate of drug-likeness (QED) is 0.910. The average molecular weight is 282 g/mol. The molecule has 3 nitrogen and oxygen atoms in total. The Balaban J connectivity index is 2.13. The summed E-state index contributed by atoms with van der Waals surface area (Å²) < 4.78 is 15.3. The van der Waals surface area contributed by atoms with Crippen LogP contribution in [0.3, 0.4) is 0 Å². The number of rotatable bonds is 5. The van der Waals surface area contributed by atoms with Gasteiger partial charge in [-0.15, -0.1) is 0 Å². The van der Waals surface area contributed by atoms with Crippen LogP contribution in [0.5, 0.6) is 0 Å². The van der Waals surface area contributed by atoms with Crippen LogP contribution < -0.4 is 5.32 Å². The number of hydrogen-bond donors (Lipinski definition) is 1. The first-order valence-corrected chi connectivity index (χ1v) is 6.67. The number of hydrogen-bond acceptors (Lipinski definition) is 2. The summed E-state index contributed by atoms with van der Waals surface area (Å²) in [6.07, 6.45) is 3.73. The Hall–Kier alpha value is -1.39. The third-order valence-electron chi connectivity index (χ3n) is 3.00. The third kappa shape index (κ3) is 3.55. The zero-order valence-electron chi connectivity index (χ0n) is 11.0. The molecule has 5 heteroatoms. The number of benzene rings is 1. The number of aromatic nitrogens is 2. The fourth-order valence-electron chi connectivity index (χ4n) is 1.95. The van der Waals surface area contributed by atoms with Crippen molar-refractivity contribution < 1.29 is 4.39 Å². The Labute approximate surface area is 117 Å². The Kier molecular flexibility index (Phi) is 4.56. The topological polar surface area (TPSA) is 29.9 Å². The van der Waals surface area contributed by atoms with E-state index in [1.54, 1.807) is 23.0 Å². The van der Waals surface area contributed by atoms with Crippen LogP contribution in [0.1, 0.15) is 31.0 Å². The van der Waals surface area contributed by atoms with E-state index in [1.807, 2.05) is 6.20 Å². The van der Waals surface area contributed by atoms with E-state index in [2.05, 4.69) is 24.3 Å². The summed E-state index contributed by atoms with van der Waals surface area (Å²) in [5.41, 5.74) is 1.63. The van der Waals surface area contributed by atoms with Crippen molar-refractivity contribution in [1.82, 2.24) is 15.1 Å². The van der Waals surface area contributed by atoms with Gasteiger partial charge in [-0.25, -0.2) is 4.39 Å². The summed E-state index contributed by atoms with van der Waals surface area (Å²) in [5, 5.41) is 8.10. The van der Waals surface area contributed by atoms with Gasteiger partial charge in [-0.05, 0) is 31.7 Å². The van der Waals surface area contributed by atoms with Gasteiger partial charge in [0.25, 0.3) is 0 Å². The molecule has 0 aliphatic carbocycles. The van der Waals surface area contributed by atoms with Gasteiger partial charge in [0.1, 0.15) is 5.82 Å². The highest BCUT2D eigenvalue weighted by Gasteiger charge is 2.09. The zero-order chi connectivity index (χ0) is 13.8. The second kappa shape index (κ2) is 6.17. The van der Waals surface area contributed by atoms with Crippen molar-refractivity contribution in [2.24, 2.45) is 0 Å². The predicted octanol–water partition coefficient (Wildman–Crippen LogP) is 3.39. The minimum absolute atomic E-state index is 0.239. The predicted molar refractivity (Wildman–Crippen MR) is 74.8 cm³/mol. The molecule has 0 saturated heterocycles. The molecule has 1 atom stereocenters. The van der Waals surface area contributed by atoms with Gasteiger partial charge in [0.2, 0.25) is 0 Å². The van der Waals surface area contributed by atoms with E-state index in [0.29, 0.717) is 17.1 Å². The molecule has 0 saturated carbocycles. The molecular formula is C14H17ClFN3. The van der Waals surface area contributed by atoms with Crippen LogP contribution >= 0.6 is 11.6 Å². The molecule has 0 aliphatic heterocycles. The van der Waals surface area contributed by atoms with Crippen molar-refractivity contribution in [1.29, 1.82) is 0 Å². The molecule has 2 rings (SSSR count). The highest BCUT2D eigenvalue weighted by Crippen LogP contribution is 2.17. The van der Waals surface area contributed by atoms with Crippen LogP contribution in [0.2, 0.25) is 5.02 Å². The van der Waals surface area contributed by atoms with Crippen molar-refractivity contribution in [3.63, 3.8) is 0 Å². The largest absolute Gasteiger partial charge is 0.310 e. The van der Waals surface area contributed by atoms with Gasteiger partial charge < -0.3 is 5.32 Å². The molecule has 0 aliphatic rings. The van der Waals surface area contributed by atoms with E-state index in [1.165, 1.54) is 6.07 Å². The van der Waals surface area contributed by atoms with Crippen molar-refractivity contribution in [2.45, 2.75) is 26.4 Å². The van der Waals surface area contributed by atoms with Crippen LogP contribution in [0.4, 0.5) is 4.39 Å². The maximum absolute atomic E-state index is 13.6. The van der Waals surface area contributed by atoms with Gasteiger partial charge in [-0.2, -0.15) is 5.10 Å². The molecule has 19 heavy (non-hydrogen) atoms. The lowest BCUT2D eigenvalue weighted by Crippen LogP contribution is -2.17. The molecule has 1 aromatic carbocycles. The van der Waals surface area contributed by atoms with Crippen LogP contribution in [0, 0.1) is 5.82 Å². The van der Waals surface area contributed by atoms with E-state index < -0.39 is 0 Å². The van der Waals surface area contributed by atoms with Crippen molar-refractivity contribution >= 4 is 11.6 Å². The highest BCUT2D eigenvalue weighted by molar-refractivity contribution is 6.30. The molecule has 1 aromatic heterocycles. The summed E-state index contributed by atoms with van der Waals surface area (Å²) in [6, 6.07) is 4.79. The SMILES string of the molecule is CCNC(C)c1cnn(Cc2cc(Cl)ccc2F)c1. The first-order valence-electron chi connectivity index (χ1n) is 6.29. The summed E-state index contributed by atoms with van der Waals surface area (Å²) in [4.78, 5) is 0. The first kappa shape index (κ1) is 14.0. The molecule has 0 amide bonds. The lowest BCUT2D eigenvalue weighted by molar-refractivity contribution is 0.581. The normalized spacial score (nSPS) is 12.6. The second-order valence-electron chi connectivity index (χ2n) is 4.49. The maximum atomic E-state index is 13.6. The zero-order valence-corrected chi connectivity index (χ0v) is 11.8. The molecule has 1 heterocycles. The first-order chi connectivity index (χ1) is 9.10. The Morgan fingerprint density at radius 1 is 1.47 bits per heavy atom. The monoisotopic (exact) mass is 281 g/mol. The van der Waals surface area contributed by atoms with Gasteiger partial charge >= 0.3 is 0 Å². The maximum Gasteiger partial charge on any atom is 0.128 e. The van der Waals surface area contributed by atoms with Crippen LogP contribution in [0.25, 0.3) is 0 Å². The Morgan fingerprint density at radius 3 is 3.00 bits per heavy atom. The van der Waals surface area contributed by atoms with E-state index >= 15 is 0 Å². The van der Waals surface area contributed by atoms with Crippen LogP contribution in [0.15, 0.2) is 30.6 Å². The van der Waals surface area contributed by atoms with Crippen LogP contribution in [-0.2, 0) is 6.54 Å². The molecule has 0 bridgehead atoms. The lowest BCUT2D eigenvalue weighted by Gasteiger charge is -2.09. The molecular weight excluding hydrogens is 265 g/mol. The lowest BCUT2D eigenvalue weighted by atomic mass is 10.2. The van der Waals surface area contributed by atoms with Crippen molar-refractivity contribution in [2.75, 3.05) is 6.54 Å². The van der Waals surface area contributed by atoms with Crippen LogP contribution in [-0.4, -0.2) is 16.3 Å². The minimum atomic E-state index is -0.263. The molecule has 0 fully saturated rings. The van der Waals surface area contributed by atoms with Crippen molar-refractivity contribution in [3.05, 3.63) is 52.6 Å². The van der Waals surface area contributed by atoms with Crippen molar-refractivity contribution in [3.8, 4) is 0 Å². The molecule has 0 spiro atoms. The second-order valence-corrected chi connectivity index (χ2v) is 4.92. The Morgan fingerprint density at radius 2 is 2.26 bits per heavy atom. The average Bonchev–Trinajstić information content (AvgIpc) is 2.83. The molecule has 0 radical (unpaired) electrons. The van der Waals surface area contributed by atoms with E-state index in [0.717, 1.165) is 12.1 Å². The fourth-order valence-corrected chi connectivity index (χ4v) is 2.15. The molecule has 1 N–H and O–H groups in total. The van der Waals surface area contributed by atoms with Gasteiger partial charge in [0.05, 0.1) is 12.7 Å². The molecule has 1 unspecified atom stereocenters. The van der Waals surface area contributed by atoms with Gasteiger partial charge in [-0.3, -0.25) is 4.68 Å². The van der Waals surface area contributed by atoms with Gasteiger partial charge in [0.15, 0.2) is 0 Å². The number of nitrogens with zero attached hydrogens (tertiary/aromatic N) is 2. The number of halogens is 2. The fraction of sp³-hybridized carbons (Fsp3) is 0.357. The Bertz CT molecular complexity index is 553. The van der Waals surface area contributed by atoms with Gasteiger partial charge in [0, 0.05) is 28.4 Å². The summed E-state index contributed by atoms with van der Waals surface area (Å²) in [6.45, 7) is 5.41. The summed E-state index contributed by atoms with van der Waals surface area (Å²) in [5.74, 6) is -0.263. The standard InChI is InChI=1S/C14H17ClFN3/c1-3-17-10(2)12-7-18-19(9-12)8-11-6-13(15)4-5-14(11)16/h4-7,9-10,17H,3,8H2,1-2H3. The molecule has 2 aromatic rings. The third-order valence-corrected chi connectivity index (χ3v) is 3.24. The number of nitrogens with one attached hydrogen (secondary N) is 1. The summed E-state index contributed by atoms with van der Waals surface area (Å²) >= 11 is 5.87. The van der Waals surface area contributed by atoms with E-state index in [9.17, 15) is 4.39 Å². The van der Waals surface area contributed by atoms with Gasteiger partial charge in [-0.1, -0.05) is 18.5 Å². The molecule has 102 valence electrons. The minimum Gasteiger partial charge on any atom is -0.310 e. The van der Waals surface area contributed by atoms with E-state index in [4.69, 9.17) is 11.6 Å². The highest BCUT2D eigenvalue weighted by atomic mass is 35.5. The van der Waals surface area contributed by atoms with E-state index in [-0.39, 0.29) is 11.9 Å². The summed E-state index contributed by atoms with van der Waals surface area (Å²) in [7, 11) is 0.